The molecule has 3 aromatic rings. The maximum absolute atomic E-state index is 10.5. The normalized spacial score (nSPS) is 13.0. The van der Waals surface area contributed by atoms with Crippen molar-refractivity contribution in [3.05, 3.63) is 95.6 Å². The van der Waals surface area contributed by atoms with Gasteiger partial charge < -0.3 is 20.3 Å². The van der Waals surface area contributed by atoms with E-state index in [9.17, 15) is 5.11 Å². The Morgan fingerprint density at radius 3 is 2.11 bits per heavy atom. The topological polar surface area (TPSA) is 64.7 Å². The molecule has 0 saturated carbocycles. The molecule has 0 aliphatic carbocycles. The number of methoxy groups -OCH3 is 1. The first-order valence-corrected chi connectivity index (χ1v) is 8.99. The van der Waals surface area contributed by atoms with Crippen molar-refractivity contribution in [2.45, 2.75) is 25.2 Å². The standard InChI is InChI=1S/C23H25NO3/c1-26-22-15-19(23(24)20(25)14-17-8-4-2-5-9-17)12-13-21(22)27-16-18-10-6-3-7-11-18/h2-13,15,20,23,25H,14,16,24H2,1H3/t20-,23+/m0/s1. The van der Waals surface area contributed by atoms with Crippen LogP contribution in [0, 0.1) is 0 Å². The van der Waals surface area contributed by atoms with Crippen LogP contribution in [0.4, 0.5) is 0 Å². The highest BCUT2D eigenvalue weighted by Gasteiger charge is 2.19. The molecule has 2 atom stereocenters. The van der Waals surface area contributed by atoms with Gasteiger partial charge in [0.15, 0.2) is 11.5 Å². The number of ether oxygens (including phenoxy) is 2. The van der Waals surface area contributed by atoms with Crippen molar-refractivity contribution in [2.75, 3.05) is 7.11 Å². The molecule has 0 unspecified atom stereocenters. The fraction of sp³-hybridized carbons (Fsp3) is 0.217. The SMILES string of the molecule is COc1cc([C@@H](N)[C@@H](O)Cc2ccccc2)ccc1OCc1ccccc1. The lowest BCUT2D eigenvalue weighted by molar-refractivity contribution is 0.145. The Hall–Kier alpha value is -2.82. The van der Waals surface area contributed by atoms with E-state index in [-0.39, 0.29) is 0 Å². The molecule has 0 saturated heterocycles. The molecular formula is C23H25NO3. The van der Waals surface area contributed by atoms with E-state index in [0.717, 1.165) is 16.7 Å². The van der Waals surface area contributed by atoms with Crippen LogP contribution in [0.5, 0.6) is 11.5 Å². The second kappa shape index (κ2) is 9.21. The predicted octanol–water partition coefficient (Wildman–Crippen LogP) is 3.88. The first-order valence-electron chi connectivity index (χ1n) is 8.99. The van der Waals surface area contributed by atoms with E-state index < -0.39 is 12.1 Å². The van der Waals surface area contributed by atoms with Crippen LogP contribution >= 0.6 is 0 Å². The minimum Gasteiger partial charge on any atom is -0.493 e. The van der Waals surface area contributed by atoms with Crippen LogP contribution < -0.4 is 15.2 Å². The van der Waals surface area contributed by atoms with Gasteiger partial charge in [-0.25, -0.2) is 0 Å². The Kier molecular flexibility index (Phi) is 6.47. The van der Waals surface area contributed by atoms with Crippen LogP contribution in [0.25, 0.3) is 0 Å². The average Bonchev–Trinajstić information content (AvgIpc) is 2.73. The average molecular weight is 363 g/mol. The van der Waals surface area contributed by atoms with Crippen molar-refractivity contribution in [1.82, 2.24) is 0 Å². The lowest BCUT2D eigenvalue weighted by Gasteiger charge is -2.21. The van der Waals surface area contributed by atoms with E-state index in [0.29, 0.717) is 24.5 Å². The molecular weight excluding hydrogens is 338 g/mol. The van der Waals surface area contributed by atoms with E-state index in [1.165, 1.54) is 0 Å². The Morgan fingerprint density at radius 2 is 1.48 bits per heavy atom. The molecule has 0 spiro atoms. The second-order valence-electron chi connectivity index (χ2n) is 6.47. The number of hydrogen-bond donors (Lipinski definition) is 2. The summed E-state index contributed by atoms with van der Waals surface area (Å²) >= 11 is 0. The predicted molar refractivity (Wildman–Crippen MR) is 107 cm³/mol. The largest absolute Gasteiger partial charge is 0.493 e. The summed E-state index contributed by atoms with van der Waals surface area (Å²) in [7, 11) is 1.60. The molecule has 0 aliphatic heterocycles. The third-order valence-electron chi connectivity index (χ3n) is 4.51. The summed E-state index contributed by atoms with van der Waals surface area (Å²) in [5.41, 5.74) is 9.22. The Bertz CT molecular complexity index is 837. The van der Waals surface area contributed by atoms with Crippen molar-refractivity contribution in [3.8, 4) is 11.5 Å². The highest BCUT2D eigenvalue weighted by atomic mass is 16.5. The summed E-state index contributed by atoms with van der Waals surface area (Å²) in [4.78, 5) is 0. The van der Waals surface area contributed by atoms with Gasteiger partial charge >= 0.3 is 0 Å². The van der Waals surface area contributed by atoms with Crippen LogP contribution in [0.3, 0.4) is 0 Å². The highest BCUT2D eigenvalue weighted by molar-refractivity contribution is 5.44. The number of hydrogen-bond acceptors (Lipinski definition) is 4. The summed E-state index contributed by atoms with van der Waals surface area (Å²) in [5.74, 6) is 1.25. The summed E-state index contributed by atoms with van der Waals surface area (Å²) in [5, 5.41) is 10.5. The monoisotopic (exact) mass is 363 g/mol. The summed E-state index contributed by atoms with van der Waals surface area (Å²) < 4.78 is 11.3. The van der Waals surface area contributed by atoms with Gasteiger partial charge in [0.1, 0.15) is 6.61 Å². The minimum atomic E-state index is -0.687. The number of aliphatic hydroxyl groups is 1. The number of aliphatic hydroxyl groups excluding tert-OH is 1. The molecule has 0 aromatic heterocycles. The quantitative estimate of drug-likeness (QED) is 0.637. The number of rotatable bonds is 8. The van der Waals surface area contributed by atoms with E-state index in [1.54, 1.807) is 7.11 Å². The molecule has 0 aliphatic rings. The van der Waals surface area contributed by atoms with Crippen molar-refractivity contribution in [3.63, 3.8) is 0 Å². The van der Waals surface area contributed by atoms with Crippen LogP contribution in [0.1, 0.15) is 22.7 Å². The molecule has 3 aromatic carbocycles. The van der Waals surface area contributed by atoms with Crippen LogP contribution in [-0.2, 0) is 13.0 Å². The van der Waals surface area contributed by atoms with Crippen LogP contribution in [-0.4, -0.2) is 18.3 Å². The van der Waals surface area contributed by atoms with Gasteiger partial charge in [0.2, 0.25) is 0 Å². The number of nitrogens with two attached hydrogens (primary N) is 1. The van der Waals surface area contributed by atoms with Gasteiger partial charge in [0.25, 0.3) is 0 Å². The van der Waals surface area contributed by atoms with Crippen LogP contribution in [0.2, 0.25) is 0 Å². The first-order chi connectivity index (χ1) is 13.2. The second-order valence-corrected chi connectivity index (χ2v) is 6.47. The zero-order chi connectivity index (χ0) is 19.1. The highest BCUT2D eigenvalue weighted by Crippen LogP contribution is 2.31. The fourth-order valence-electron chi connectivity index (χ4n) is 2.95. The minimum absolute atomic E-state index is 0.458. The molecule has 3 rings (SSSR count). The van der Waals surface area contributed by atoms with E-state index in [4.69, 9.17) is 15.2 Å². The lowest BCUT2D eigenvalue weighted by atomic mass is 9.96. The van der Waals surface area contributed by atoms with Gasteiger partial charge in [-0.1, -0.05) is 66.7 Å². The maximum atomic E-state index is 10.5. The molecule has 4 heteroatoms. The molecule has 0 amide bonds. The zero-order valence-corrected chi connectivity index (χ0v) is 15.4. The fourth-order valence-corrected chi connectivity index (χ4v) is 2.95. The van der Waals surface area contributed by atoms with Crippen molar-refractivity contribution >= 4 is 0 Å². The van der Waals surface area contributed by atoms with E-state index >= 15 is 0 Å². The van der Waals surface area contributed by atoms with Gasteiger partial charge in [0, 0.05) is 6.42 Å². The van der Waals surface area contributed by atoms with E-state index in [1.807, 2.05) is 78.9 Å². The molecule has 4 nitrogen and oxygen atoms in total. The maximum Gasteiger partial charge on any atom is 0.161 e. The summed E-state index contributed by atoms with van der Waals surface area (Å²) in [6.45, 7) is 0.458. The van der Waals surface area contributed by atoms with Gasteiger partial charge in [-0.3, -0.25) is 0 Å². The Morgan fingerprint density at radius 1 is 0.852 bits per heavy atom. The van der Waals surface area contributed by atoms with Gasteiger partial charge in [0.05, 0.1) is 19.3 Å². The van der Waals surface area contributed by atoms with Crippen LogP contribution in [0.15, 0.2) is 78.9 Å². The van der Waals surface area contributed by atoms with Crippen molar-refractivity contribution < 1.29 is 14.6 Å². The number of benzene rings is 3. The Labute approximate surface area is 160 Å². The molecule has 0 heterocycles. The lowest BCUT2D eigenvalue weighted by Crippen LogP contribution is -2.28. The molecule has 0 radical (unpaired) electrons. The molecule has 3 N–H and O–H groups in total. The smallest absolute Gasteiger partial charge is 0.161 e. The Balaban J connectivity index is 1.69. The van der Waals surface area contributed by atoms with Gasteiger partial charge in [-0.05, 0) is 28.8 Å². The van der Waals surface area contributed by atoms with Crippen molar-refractivity contribution in [2.24, 2.45) is 5.73 Å². The molecule has 0 fully saturated rings. The van der Waals surface area contributed by atoms with Gasteiger partial charge in [-0.2, -0.15) is 0 Å². The van der Waals surface area contributed by atoms with Gasteiger partial charge in [-0.15, -0.1) is 0 Å². The third kappa shape index (κ3) is 5.09. The zero-order valence-electron chi connectivity index (χ0n) is 15.4. The van der Waals surface area contributed by atoms with E-state index in [2.05, 4.69) is 0 Å². The van der Waals surface area contributed by atoms with Crippen molar-refractivity contribution in [1.29, 1.82) is 0 Å². The molecule has 27 heavy (non-hydrogen) atoms. The third-order valence-corrected chi connectivity index (χ3v) is 4.51. The summed E-state index contributed by atoms with van der Waals surface area (Å²) in [6.07, 6.45) is -0.190. The molecule has 140 valence electrons. The summed E-state index contributed by atoms with van der Waals surface area (Å²) in [6, 6.07) is 24.8. The molecule has 0 bridgehead atoms. The first kappa shape index (κ1) is 19.0.